The number of fused-ring (bicyclic) bond motifs is 1. The number of nitrogens with zero attached hydrogens (tertiary/aromatic N) is 3. The number of guanidine groups is 1. The van der Waals surface area contributed by atoms with E-state index in [9.17, 15) is 18.0 Å². The first kappa shape index (κ1) is 20.4. The van der Waals surface area contributed by atoms with Crippen molar-refractivity contribution in [3.8, 4) is 0 Å². The first-order valence-corrected chi connectivity index (χ1v) is 9.55. The van der Waals surface area contributed by atoms with Gasteiger partial charge < -0.3 is 5.32 Å². The number of carbonyl (C=O) groups is 1. The molecule has 0 aliphatic carbocycles. The summed E-state index contributed by atoms with van der Waals surface area (Å²) in [6, 6.07) is 11.5. The summed E-state index contributed by atoms with van der Waals surface area (Å²) in [7, 11) is 0. The molecular weight excluding hydrogens is 440 g/mol. The molecule has 0 spiro atoms. The van der Waals surface area contributed by atoms with Gasteiger partial charge in [0.05, 0.1) is 33.4 Å². The van der Waals surface area contributed by atoms with Crippen LogP contribution in [0.15, 0.2) is 53.5 Å². The SMILES string of the molecule is O=C(c1ccc2cccc(C(F)(F)F)c2n1)N1CCN=C1Nc1c(Cl)cccc1Cl. The Balaban J connectivity index is 1.67. The Kier molecular flexibility index (Phi) is 5.29. The number of rotatable bonds is 2. The lowest BCUT2D eigenvalue weighted by molar-refractivity contribution is -0.136. The van der Waals surface area contributed by atoms with Crippen LogP contribution < -0.4 is 5.32 Å². The van der Waals surface area contributed by atoms with Gasteiger partial charge in [-0.3, -0.25) is 14.7 Å². The van der Waals surface area contributed by atoms with Crippen molar-refractivity contribution >= 4 is 51.7 Å². The van der Waals surface area contributed by atoms with E-state index in [1.807, 2.05) is 0 Å². The molecule has 0 saturated carbocycles. The lowest BCUT2D eigenvalue weighted by Gasteiger charge is -2.20. The number of anilines is 1. The van der Waals surface area contributed by atoms with Gasteiger partial charge in [0.25, 0.3) is 5.91 Å². The number of aromatic nitrogens is 1. The largest absolute Gasteiger partial charge is 0.418 e. The van der Waals surface area contributed by atoms with E-state index in [1.54, 1.807) is 18.2 Å². The van der Waals surface area contributed by atoms with Crippen LogP contribution in [0.2, 0.25) is 10.0 Å². The van der Waals surface area contributed by atoms with Crippen LogP contribution >= 0.6 is 23.2 Å². The van der Waals surface area contributed by atoms with Crippen molar-refractivity contribution in [3.63, 3.8) is 0 Å². The van der Waals surface area contributed by atoms with Gasteiger partial charge >= 0.3 is 6.18 Å². The zero-order chi connectivity index (χ0) is 21.5. The van der Waals surface area contributed by atoms with Gasteiger partial charge in [-0.05, 0) is 24.3 Å². The second kappa shape index (κ2) is 7.77. The number of hydrogen-bond donors (Lipinski definition) is 1. The van der Waals surface area contributed by atoms with E-state index in [2.05, 4.69) is 15.3 Å². The minimum atomic E-state index is -4.59. The topological polar surface area (TPSA) is 57.6 Å². The molecule has 1 N–H and O–H groups in total. The minimum absolute atomic E-state index is 0.124. The number of hydrogen-bond acceptors (Lipinski definition) is 4. The number of aliphatic imine (C=N–C) groups is 1. The second-order valence-corrected chi connectivity index (χ2v) is 7.27. The van der Waals surface area contributed by atoms with Crippen molar-refractivity contribution in [2.24, 2.45) is 4.99 Å². The first-order chi connectivity index (χ1) is 14.3. The molecular formula is C20H13Cl2F3N4O. The lowest BCUT2D eigenvalue weighted by atomic mass is 10.1. The maximum absolute atomic E-state index is 13.3. The number of pyridine rings is 1. The smallest absolute Gasteiger partial charge is 0.323 e. The van der Waals surface area contributed by atoms with Gasteiger partial charge in [-0.1, -0.05) is 47.5 Å². The van der Waals surface area contributed by atoms with Gasteiger partial charge in [-0.25, -0.2) is 4.98 Å². The van der Waals surface area contributed by atoms with Gasteiger partial charge in [-0.15, -0.1) is 0 Å². The fourth-order valence-corrected chi connectivity index (χ4v) is 3.61. The molecule has 0 unspecified atom stereocenters. The summed E-state index contributed by atoms with van der Waals surface area (Å²) in [4.78, 5) is 22.6. The fraction of sp³-hybridized carbons (Fsp3) is 0.150. The molecule has 2 heterocycles. The van der Waals surface area contributed by atoms with E-state index in [4.69, 9.17) is 23.2 Å². The maximum Gasteiger partial charge on any atom is 0.418 e. The Labute approximate surface area is 179 Å². The van der Waals surface area contributed by atoms with Crippen LogP contribution in [-0.4, -0.2) is 34.8 Å². The average Bonchev–Trinajstić information content (AvgIpc) is 3.17. The van der Waals surface area contributed by atoms with Crippen molar-refractivity contribution in [2.45, 2.75) is 6.18 Å². The van der Waals surface area contributed by atoms with E-state index in [0.717, 1.165) is 6.07 Å². The second-order valence-electron chi connectivity index (χ2n) is 6.46. The van der Waals surface area contributed by atoms with Gasteiger partial charge in [0.1, 0.15) is 5.69 Å². The number of alkyl halides is 3. The molecule has 154 valence electrons. The molecule has 1 aliphatic heterocycles. The van der Waals surface area contributed by atoms with E-state index < -0.39 is 17.6 Å². The minimum Gasteiger partial charge on any atom is -0.323 e. The van der Waals surface area contributed by atoms with Crippen molar-refractivity contribution in [2.75, 3.05) is 18.4 Å². The Hall–Kier alpha value is -2.84. The predicted molar refractivity (Wildman–Crippen MR) is 110 cm³/mol. The Morgan fingerprint density at radius 1 is 1.03 bits per heavy atom. The third kappa shape index (κ3) is 3.80. The highest BCUT2D eigenvalue weighted by atomic mass is 35.5. The molecule has 1 aromatic heterocycles. The Morgan fingerprint density at radius 2 is 1.73 bits per heavy atom. The third-order valence-corrected chi connectivity index (χ3v) is 5.16. The Morgan fingerprint density at radius 3 is 2.43 bits per heavy atom. The highest BCUT2D eigenvalue weighted by Gasteiger charge is 2.34. The summed E-state index contributed by atoms with van der Waals surface area (Å²) in [6.45, 7) is 0.557. The van der Waals surface area contributed by atoms with E-state index >= 15 is 0 Å². The molecule has 1 aliphatic rings. The van der Waals surface area contributed by atoms with Gasteiger partial charge in [0, 0.05) is 11.9 Å². The number of benzene rings is 2. The summed E-state index contributed by atoms with van der Waals surface area (Å²) in [5.74, 6) is -0.387. The first-order valence-electron chi connectivity index (χ1n) is 8.80. The number of nitrogens with one attached hydrogen (secondary N) is 1. The number of halogens is 5. The van der Waals surface area contributed by atoms with Crippen LogP contribution in [0.4, 0.5) is 18.9 Å². The number of para-hydroxylation sites is 2. The lowest BCUT2D eigenvalue weighted by Crippen LogP contribution is -2.38. The van der Waals surface area contributed by atoms with Crippen LogP contribution in [0.5, 0.6) is 0 Å². The third-order valence-electron chi connectivity index (χ3n) is 4.53. The van der Waals surface area contributed by atoms with Crippen LogP contribution in [0, 0.1) is 0 Å². The number of amides is 1. The highest BCUT2D eigenvalue weighted by Crippen LogP contribution is 2.34. The van der Waals surface area contributed by atoms with E-state index in [1.165, 1.54) is 29.2 Å². The molecule has 30 heavy (non-hydrogen) atoms. The van der Waals surface area contributed by atoms with Crippen molar-refractivity contribution in [1.82, 2.24) is 9.88 Å². The Bertz CT molecular complexity index is 1160. The summed E-state index contributed by atoms with van der Waals surface area (Å²) in [5, 5.41) is 3.90. The van der Waals surface area contributed by atoms with Crippen LogP contribution in [0.25, 0.3) is 10.9 Å². The highest BCUT2D eigenvalue weighted by molar-refractivity contribution is 6.40. The molecule has 10 heteroatoms. The quantitative estimate of drug-likeness (QED) is 0.559. The zero-order valence-electron chi connectivity index (χ0n) is 15.2. The molecule has 0 fully saturated rings. The molecule has 0 atom stereocenters. The predicted octanol–water partition coefficient (Wildman–Crippen LogP) is 5.48. The van der Waals surface area contributed by atoms with Crippen molar-refractivity contribution in [1.29, 1.82) is 0 Å². The zero-order valence-corrected chi connectivity index (χ0v) is 16.7. The molecule has 2 aromatic carbocycles. The van der Waals surface area contributed by atoms with E-state index in [0.29, 0.717) is 22.3 Å². The average molecular weight is 453 g/mol. The number of carbonyl (C=O) groups excluding carboxylic acids is 1. The standard InChI is InChI=1S/C20H13Cl2F3N4O/c21-13-5-2-6-14(22)17(13)28-19-26-9-10-29(19)18(30)15-8-7-11-3-1-4-12(16(11)27-15)20(23,24)25/h1-8H,9-10H2,(H,26,28). The van der Waals surface area contributed by atoms with E-state index in [-0.39, 0.29) is 29.1 Å². The molecule has 3 aromatic rings. The van der Waals surface area contributed by atoms with Crippen LogP contribution in [0.3, 0.4) is 0 Å². The van der Waals surface area contributed by atoms with Gasteiger partial charge in [0.2, 0.25) is 5.96 Å². The summed E-state index contributed by atoms with van der Waals surface area (Å²) < 4.78 is 40.0. The molecule has 4 rings (SSSR count). The molecule has 1 amide bonds. The van der Waals surface area contributed by atoms with Gasteiger partial charge in [0.15, 0.2) is 0 Å². The van der Waals surface area contributed by atoms with Crippen molar-refractivity contribution in [3.05, 3.63) is 69.8 Å². The summed E-state index contributed by atoms with van der Waals surface area (Å²) in [6.07, 6.45) is -4.59. The molecule has 0 saturated heterocycles. The summed E-state index contributed by atoms with van der Waals surface area (Å²) in [5.41, 5.74) is -0.924. The summed E-state index contributed by atoms with van der Waals surface area (Å²) >= 11 is 12.3. The monoisotopic (exact) mass is 452 g/mol. The maximum atomic E-state index is 13.3. The van der Waals surface area contributed by atoms with Gasteiger partial charge in [-0.2, -0.15) is 13.2 Å². The van der Waals surface area contributed by atoms with Crippen molar-refractivity contribution < 1.29 is 18.0 Å². The fourth-order valence-electron chi connectivity index (χ4n) is 3.11. The molecule has 5 nitrogen and oxygen atoms in total. The molecule has 0 bridgehead atoms. The normalized spacial score (nSPS) is 14.2. The van der Waals surface area contributed by atoms with Crippen LogP contribution in [-0.2, 0) is 6.18 Å². The van der Waals surface area contributed by atoms with Crippen LogP contribution in [0.1, 0.15) is 16.1 Å². The molecule has 0 radical (unpaired) electrons.